The predicted molar refractivity (Wildman–Crippen MR) is 153 cm³/mol. The smallest absolute Gasteiger partial charge is 0.254 e. The van der Waals surface area contributed by atoms with Gasteiger partial charge in [0.1, 0.15) is 17.3 Å². The van der Waals surface area contributed by atoms with Gasteiger partial charge in [-0.2, -0.15) is 0 Å². The zero-order chi connectivity index (χ0) is 28.1. The van der Waals surface area contributed by atoms with Crippen molar-refractivity contribution >= 4 is 29.0 Å². The van der Waals surface area contributed by atoms with Crippen LogP contribution in [0.25, 0.3) is 16.9 Å². The summed E-state index contributed by atoms with van der Waals surface area (Å²) in [5, 5.41) is 6.38. The molecule has 4 aromatic rings. The van der Waals surface area contributed by atoms with E-state index in [0.29, 0.717) is 35.7 Å². The van der Waals surface area contributed by atoms with Crippen LogP contribution in [0.4, 0.5) is 15.9 Å². The number of nitrogens with zero attached hydrogens (tertiary/aromatic N) is 5. The molecular weight excluding hydrogens is 521 g/mol. The molecule has 210 valence electrons. The molecule has 0 aliphatic carbocycles. The molecule has 10 heteroatoms. The minimum Gasteiger partial charge on any atom is -0.348 e. The highest BCUT2D eigenvalue weighted by Gasteiger charge is 2.29. The number of pyridine rings is 2. The van der Waals surface area contributed by atoms with Gasteiger partial charge in [-0.3, -0.25) is 18.9 Å². The summed E-state index contributed by atoms with van der Waals surface area (Å²) in [4.78, 5) is 39.2. The third kappa shape index (κ3) is 4.72. The highest BCUT2D eigenvalue weighted by Crippen LogP contribution is 2.37. The number of rotatable bonds is 6. The lowest BCUT2D eigenvalue weighted by Crippen LogP contribution is -2.35. The lowest BCUT2D eigenvalue weighted by atomic mass is 9.88. The van der Waals surface area contributed by atoms with Gasteiger partial charge >= 0.3 is 0 Å². The molecule has 9 nitrogen and oxygen atoms in total. The van der Waals surface area contributed by atoms with Gasteiger partial charge in [0.2, 0.25) is 5.91 Å². The number of piperidine rings is 1. The number of halogens is 1. The molecule has 0 radical (unpaired) electrons. The molecule has 3 aromatic heterocycles. The SMILES string of the molecule is CN1CCC(c2ccc(Nc3ccc(-c4cnc5cc(F)ccn45)c4c3C(=O)NC4)nc2CN2CCCC2)CC1=O. The predicted octanol–water partition coefficient (Wildman–Crippen LogP) is 4.45. The molecular formula is C31H32FN7O2. The Morgan fingerprint density at radius 3 is 2.78 bits per heavy atom. The Labute approximate surface area is 237 Å². The number of carbonyl (C=O) groups excluding carboxylic acids is 2. The second-order valence-electron chi connectivity index (χ2n) is 11.3. The zero-order valence-corrected chi connectivity index (χ0v) is 23.0. The van der Waals surface area contributed by atoms with Gasteiger partial charge in [0.05, 0.1) is 28.8 Å². The number of fused-ring (bicyclic) bond motifs is 2. The first-order valence-corrected chi connectivity index (χ1v) is 14.2. The summed E-state index contributed by atoms with van der Waals surface area (Å²) in [7, 11) is 1.87. The van der Waals surface area contributed by atoms with Gasteiger partial charge in [-0.05, 0) is 67.6 Å². The Balaban J connectivity index is 1.23. The quantitative estimate of drug-likeness (QED) is 0.366. The average Bonchev–Trinajstić information content (AvgIpc) is 3.72. The zero-order valence-electron chi connectivity index (χ0n) is 23.0. The van der Waals surface area contributed by atoms with E-state index in [4.69, 9.17) is 4.98 Å². The number of hydrogen-bond donors (Lipinski definition) is 2. The number of hydrogen-bond acceptors (Lipinski definition) is 6. The summed E-state index contributed by atoms with van der Waals surface area (Å²) in [6, 6.07) is 10.7. The highest BCUT2D eigenvalue weighted by atomic mass is 19.1. The van der Waals surface area contributed by atoms with Gasteiger partial charge in [-0.1, -0.05) is 12.1 Å². The van der Waals surface area contributed by atoms with Crippen LogP contribution in [-0.2, 0) is 17.9 Å². The molecule has 41 heavy (non-hydrogen) atoms. The lowest BCUT2D eigenvalue weighted by Gasteiger charge is -2.30. The molecule has 0 bridgehead atoms. The van der Waals surface area contributed by atoms with Gasteiger partial charge in [-0.15, -0.1) is 0 Å². The summed E-state index contributed by atoms with van der Waals surface area (Å²) in [6.07, 6.45) is 7.17. The van der Waals surface area contributed by atoms with Crippen molar-refractivity contribution in [3.8, 4) is 11.3 Å². The summed E-state index contributed by atoms with van der Waals surface area (Å²) in [6.45, 7) is 4.00. The van der Waals surface area contributed by atoms with Crippen LogP contribution in [0.3, 0.4) is 0 Å². The molecule has 2 fully saturated rings. The van der Waals surface area contributed by atoms with E-state index in [1.165, 1.54) is 25.0 Å². The molecule has 3 aliphatic heterocycles. The maximum atomic E-state index is 13.7. The minimum absolute atomic E-state index is 0.150. The van der Waals surface area contributed by atoms with E-state index in [1.54, 1.807) is 17.3 Å². The van der Waals surface area contributed by atoms with Crippen LogP contribution in [0.15, 0.2) is 48.8 Å². The van der Waals surface area contributed by atoms with Gasteiger partial charge in [0.25, 0.3) is 5.91 Å². The highest BCUT2D eigenvalue weighted by molar-refractivity contribution is 6.06. The van der Waals surface area contributed by atoms with E-state index in [0.717, 1.165) is 60.7 Å². The molecule has 7 rings (SSSR count). The van der Waals surface area contributed by atoms with Crippen molar-refractivity contribution in [2.24, 2.45) is 0 Å². The third-order valence-electron chi connectivity index (χ3n) is 8.66. The monoisotopic (exact) mass is 553 g/mol. The second kappa shape index (κ2) is 10.3. The van der Waals surface area contributed by atoms with Crippen molar-refractivity contribution in [3.05, 3.63) is 77.0 Å². The first-order chi connectivity index (χ1) is 19.9. The average molecular weight is 554 g/mol. The van der Waals surface area contributed by atoms with Gasteiger partial charge in [0.15, 0.2) is 0 Å². The van der Waals surface area contributed by atoms with Crippen molar-refractivity contribution in [1.82, 2.24) is 29.5 Å². The standard InChI is InChI=1S/C31H32FN7O2/c1-37-12-8-19(14-29(37)40)21-5-7-27(36-25(21)18-38-10-2-3-11-38)35-24-6-4-22(23-16-34-31(41)30(23)24)26-17-33-28-15-20(32)9-13-39(26)28/h4-7,9,13,15,17,19H,2-3,8,10-12,14,16,18H2,1H3,(H,34,41)(H,35,36). The number of aromatic nitrogens is 3. The molecule has 1 aromatic carbocycles. The normalized spacial score (nSPS) is 19.2. The Bertz CT molecular complexity index is 1680. The Kier molecular flexibility index (Phi) is 6.42. The summed E-state index contributed by atoms with van der Waals surface area (Å²) < 4.78 is 15.6. The maximum absolute atomic E-state index is 13.7. The third-order valence-corrected chi connectivity index (χ3v) is 8.66. The molecule has 1 unspecified atom stereocenters. The summed E-state index contributed by atoms with van der Waals surface area (Å²) >= 11 is 0. The fourth-order valence-corrected chi connectivity index (χ4v) is 6.43. The van der Waals surface area contributed by atoms with Crippen LogP contribution < -0.4 is 10.6 Å². The van der Waals surface area contributed by atoms with Gasteiger partial charge in [-0.25, -0.2) is 14.4 Å². The molecule has 6 heterocycles. The molecule has 0 spiro atoms. The number of nitrogens with one attached hydrogen (secondary N) is 2. The molecule has 0 saturated carbocycles. The van der Waals surface area contributed by atoms with Crippen LogP contribution in [-0.4, -0.2) is 62.7 Å². The van der Waals surface area contributed by atoms with E-state index in [2.05, 4.69) is 26.6 Å². The van der Waals surface area contributed by atoms with Crippen molar-refractivity contribution in [1.29, 1.82) is 0 Å². The largest absolute Gasteiger partial charge is 0.348 e. The fourth-order valence-electron chi connectivity index (χ4n) is 6.43. The molecule has 1 atom stereocenters. The van der Waals surface area contributed by atoms with Gasteiger partial charge < -0.3 is 15.5 Å². The van der Waals surface area contributed by atoms with Crippen LogP contribution >= 0.6 is 0 Å². The first-order valence-electron chi connectivity index (χ1n) is 14.2. The Morgan fingerprint density at radius 2 is 1.95 bits per heavy atom. The van der Waals surface area contributed by atoms with Crippen molar-refractivity contribution < 1.29 is 14.0 Å². The number of carbonyl (C=O) groups is 2. The molecule has 2 saturated heterocycles. The van der Waals surface area contributed by atoms with E-state index in [-0.39, 0.29) is 23.5 Å². The second-order valence-corrected chi connectivity index (χ2v) is 11.3. The van der Waals surface area contributed by atoms with Crippen LogP contribution in [0, 0.1) is 5.82 Å². The summed E-state index contributed by atoms with van der Waals surface area (Å²) in [5.41, 5.74) is 6.43. The number of anilines is 2. The van der Waals surface area contributed by atoms with Crippen LogP contribution in [0.2, 0.25) is 0 Å². The van der Waals surface area contributed by atoms with E-state index < -0.39 is 0 Å². The molecule has 2 N–H and O–H groups in total. The lowest BCUT2D eigenvalue weighted by molar-refractivity contribution is -0.132. The number of benzene rings is 1. The number of amides is 2. The van der Waals surface area contributed by atoms with E-state index >= 15 is 0 Å². The summed E-state index contributed by atoms with van der Waals surface area (Å²) in [5.74, 6) is 0.505. The number of likely N-dealkylation sites (tertiary alicyclic amines) is 2. The van der Waals surface area contributed by atoms with E-state index in [9.17, 15) is 14.0 Å². The number of imidazole rings is 1. The maximum Gasteiger partial charge on any atom is 0.254 e. The van der Waals surface area contributed by atoms with Crippen molar-refractivity contribution in [2.45, 2.75) is 44.7 Å². The van der Waals surface area contributed by atoms with Crippen LogP contribution in [0.5, 0.6) is 0 Å². The topological polar surface area (TPSA) is 94.9 Å². The first kappa shape index (κ1) is 25.6. The van der Waals surface area contributed by atoms with Crippen molar-refractivity contribution in [3.63, 3.8) is 0 Å². The van der Waals surface area contributed by atoms with E-state index in [1.807, 2.05) is 29.6 Å². The fraction of sp³-hybridized carbons (Fsp3) is 0.355. The minimum atomic E-state index is -0.346. The van der Waals surface area contributed by atoms with Crippen LogP contribution in [0.1, 0.15) is 58.8 Å². The van der Waals surface area contributed by atoms with Gasteiger partial charge in [0, 0.05) is 50.9 Å². The van der Waals surface area contributed by atoms with Crippen molar-refractivity contribution in [2.75, 3.05) is 32.0 Å². The Hall–Kier alpha value is -4.31. The molecule has 3 aliphatic rings. The Morgan fingerprint density at radius 1 is 1.10 bits per heavy atom. The molecule has 2 amide bonds.